The van der Waals surface area contributed by atoms with Gasteiger partial charge in [-0.1, -0.05) is 6.07 Å². The van der Waals surface area contributed by atoms with Crippen LogP contribution in [0.4, 0.5) is 5.69 Å². The van der Waals surface area contributed by atoms with Crippen LogP contribution in [0.25, 0.3) is 0 Å². The molecule has 2 fully saturated rings. The second kappa shape index (κ2) is 8.11. The number of nitrogens with zero attached hydrogens (tertiary/aromatic N) is 3. The van der Waals surface area contributed by atoms with Gasteiger partial charge in [0.05, 0.1) is 7.11 Å². The zero-order valence-corrected chi connectivity index (χ0v) is 16.6. The molecule has 1 aromatic heterocycles. The number of aromatic nitrogens is 1. The van der Waals surface area contributed by atoms with Gasteiger partial charge < -0.3 is 19.9 Å². The number of hydrogen-bond acceptors (Lipinski definition) is 5. The van der Waals surface area contributed by atoms with E-state index in [0.717, 1.165) is 30.1 Å². The van der Waals surface area contributed by atoms with Gasteiger partial charge >= 0.3 is 0 Å². The number of nitrogens with one attached hydrogen (secondary N) is 1. The molecule has 1 aliphatic heterocycles. The van der Waals surface area contributed by atoms with E-state index in [1.165, 1.54) is 0 Å². The maximum absolute atomic E-state index is 13.1. The van der Waals surface area contributed by atoms with Crippen LogP contribution in [0.15, 0.2) is 48.8 Å². The van der Waals surface area contributed by atoms with E-state index in [2.05, 4.69) is 15.2 Å². The van der Waals surface area contributed by atoms with Crippen molar-refractivity contribution in [2.24, 2.45) is 5.41 Å². The first-order valence-corrected chi connectivity index (χ1v) is 9.98. The molecule has 0 bridgehead atoms. The van der Waals surface area contributed by atoms with Gasteiger partial charge in [-0.3, -0.25) is 14.6 Å². The fraction of sp³-hybridized carbons (Fsp3) is 0.409. The quantitative estimate of drug-likeness (QED) is 0.757. The van der Waals surface area contributed by atoms with E-state index >= 15 is 0 Å². The number of anilines is 1. The van der Waals surface area contributed by atoms with Crippen molar-refractivity contribution >= 4 is 17.5 Å². The average molecular weight is 394 g/mol. The second-order valence-corrected chi connectivity index (χ2v) is 7.60. The second-order valence-electron chi connectivity index (χ2n) is 7.60. The number of piperazine rings is 1. The van der Waals surface area contributed by atoms with E-state index in [4.69, 9.17) is 4.74 Å². The van der Waals surface area contributed by atoms with E-state index in [9.17, 15) is 9.59 Å². The summed E-state index contributed by atoms with van der Waals surface area (Å²) in [6, 6.07) is 11.7. The molecule has 2 heterocycles. The summed E-state index contributed by atoms with van der Waals surface area (Å²) in [5, 5.41) is 2.92. The summed E-state index contributed by atoms with van der Waals surface area (Å²) in [5.41, 5.74) is 1.18. The highest BCUT2D eigenvalue weighted by atomic mass is 16.5. The lowest BCUT2D eigenvalue weighted by Crippen LogP contribution is -2.53. The van der Waals surface area contributed by atoms with Crippen LogP contribution < -0.4 is 15.0 Å². The Morgan fingerprint density at radius 3 is 2.41 bits per heavy atom. The molecule has 2 aliphatic rings. The third kappa shape index (κ3) is 4.04. The molecule has 0 unspecified atom stereocenters. The van der Waals surface area contributed by atoms with E-state index in [1.54, 1.807) is 19.5 Å². The molecule has 2 amide bonds. The molecule has 2 aromatic rings. The summed E-state index contributed by atoms with van der Waals surface area (Å²) < 4.78 is 5.21. The topological polar surface area (TPSA) is 74.8 Å². The highest BCUT2D eigenvalue weighted by Gasteiger charge is 2.58. The number of ether oxygens (including phenoxy) is 1. The number of amides is 2. The first-order valence-electron chi connectivity index (χ1n) is 9.98. The molecule has 0 spiro atoms. The van der Waals surface area contributed by atoms with Crippen LogP contribution in [0.5, 0.6) is 5.75 Å². The van der Waals surface area contributed by atoms with Gasteiger partial charge in [0.25, 0.3) is 0 Å². The Labute approximate surface area is 170 Å². The number of benzene rings is 1. The van der Waals surface area contributed by atoms with E-state index < -0.39 is 5.41 Å². The van der Waals surface area contributed by atoms with Crippen LogP contribution in [0.2, 0.25) is 0 Å². The van der Waals surface area contributed by atoms with Crippen LogP contribution in [-0.2, 0) is 16.1 Å². The Bertz CT molecular complexity index is 857. The van der Waals surface area contributed by atoms with E-state index in [1.807, 2.05) is 41.3 Å². The molecular weight excluding hydrogens is 368 g/mol. The van der Waals surface area contributed by atoms with Crippen molar-refractivity contribution in [3.8, 4) is 5.75 Å². The molecule has 29 heavy (non-hydrogen) atoms. The lowest BCUT2D eigenvalue weighted by molar-refractivity contribution is -0.144. The van der Waals surface area contributed by atoms with Crippen molar-refractivity contribution < 1.29 is 14.3 Å². The summed E-state index contributed by atoms with van der Waals surface area (Å²) in [6.07, 6.45) is 4.68. The summed E-state index contributed by atoms with van der Waals surface area (Å²) in [4.78, 5) is 34.0. The highest BCUT2D eigenvalue weighted by molar-refractivity contribution is 6.07. The molecule has 1 saturated heterocycles. The van der Waals surface area contributed by atoms with Crippen LogP contribution >= 0.6 is 0 Å². The van der Waals surface area contributed by atoms with E-state index in [-0.39, 0.29) is 11.8 Å². The standard InChI is InChI=1S/C22H26N4O3/c1-29-19-6-4-18(5-7-19)25-11-13-26(14-12-25)21(28)22(8-9-22)20(27)24-16-17-3-2-10-23-15-17/h2-7,10,15H,8-9,11-14,16H2,1H3,(H,24,27). The number of pyridine rings is 1. The van der Waals surface area contributed by atoms with Gasteiger partial charge in [0, 0.05) is 50.8 Å². The normalized spacial score (nSPS) is 17.6. The summed E-state index contributed by atoms with van der Waals surface area (Å²) in [5.74, 6) is 0.634. The molecule has 1 aromatic carbocycles. The predicted molar refractivity (Wildman–Crippen MR) is 110 cm³/mol. The third-order valence-corrected chi connectivity index (χ3v) is 5.77. The van der Waals surface area contributed by atoms with Gasteiger partial charge in [0.1, 0.15) is 11.2 Å². The smallest absolute Gasteiger partial charge is 0.238 e. The average Bonchev–Trinajstić information content (AvgIpc) is 3.60. The van der Waals surface area contributed by atoms with Gasteiger partial charge in [-0.05, 0) is 48.7 Å². The zero-order valence-electron chi connectivity index (χ0n) is 16.6. The van der Waals surface area contributed by atoms with Crippen molar-refractivity contribution in [1.29, 1.82) is 0 Å². The lowest BCUT2D eigenvalue weighted by Gasteiger charge is -2.37. The Morgan fingerprint density at radius 2 is 1.83 bits per heavy atom. The molecule has 1 aliphatic carbocycles. The van der Waals surface area contributed by atoms with Gasteiger partial charge in [-0.2, -0.15) is 0 Å². The molecule has 1 N–H and O–H groups in total. The summed E-state index contributed by atoms with van der Waals surface area (Å²) >= 11 is 0. The largest absolute Gasteiger partial charge is 0.497 e. The van der Waals surface area contributed by atoms with Gasteiger partial charge in [0.2, 0.25) is 11.8 Å². The lowest BCUT2D eigenvalue weighted by atomic mass is 10.0. The summed E-state index contributed by atoms with van der Waals surface area (Å²) in [6.45, 7) is 3.16. The van der Waals surface area contributed by atoms with Crippen molar-refractivity contribution in [3.05, 3.63) is 54.4 Å². The summed E-state index contributed by atoms with van der Waals surface area (Å²) in [7, 11) is 1.65. The van der Waals surface area contributed by atoms with E-state index in [0.29, 0.717) is 32.5 Å². The molecule has 7 nitrogen and oxygen atoms in total. The Hall–Kier alpha value is -3.09. The molecule has 0 radical (unpaired) electrons. The number of carbonyl (C=O) groups is 2. The number of methoxy groups -OCH3 is 1. The number of rotatable bonds is 6. The van der Waals surface area contributed by atoms with Crippen molar-refractivity contribution in [3.63, 3.8) is 0 Å². The molecule has 0 atom stereocenters. The van der Waals surface area contributed by atoms with Crippen molar-refractivity contribution in [2.45, 2.75) is 19.4 Å². The van der Waals surface area contributed by atoms with Crippen LogP contribution in [0.1, 0.15) is 18.4 Å². The first-order chi connectivity index (χ1) is 14.1. The van der Waals surface area contributed by atoms with Crippen molar-refractivity contribution in [2.75, 3.05) is 38.2 Å². The molecule has 7 heteroatoms. The van der Waals surface area contributed by atoms with Crippen LogP contribution in [0.3, 0.4) is 0 Å². The minimum atomic E-state index is -0.871. The Balaban J connectivity index is 1.32. The van der Waals surface area contributed by atoms with Crippen molar-refractivity contribution in [1.82, 2.24) is 15.2 Å². The highest BCUT2D eigenvalue weighted by Crippen LogP contribution is 2.47. The minimum absolute atomic E-state index is 0.0319. The van der Waals surface area contributed by atoms with Gasteiger partial charge in [-0.15, -0.1) is 0 Å². The van der Waals surface area contributed by atoms with Gasteiger partial charge in [-0.25, -0.2) is 0 Å². The molecule has 1 saturated carbocycles. The SMILES string of the molecule is COc1ccc(N2CCN(C(=O)C3(C(=O)NCc4cccnc4)CC3)CC2)cc1. The Kier molecular flexibility index (Phi) is 5.38. The molecule has 4 rings (SSSR count). The minimum Gasteiger partial charge on any atom is -0.497 e. The predicted octanol–water partition coefficient (Wildman–Crippen LogP) is 1.84. The first kappa shape index (κ1) is 19.2. The number of hydrogen-bond donors (Lipinski definition) is 1. The van der Waals surface area contributed by atoms with Crippen LogP contribution in [0, 0.1) is 5.41 Å². The fourth-order valence-electron chi connectivity index (χ4n) is 3.78. The molecular formula is C22H26N4O3. The number of carbonyl (C=O) groups excluding carboxylic acids is 2. The monoisotopic (exact) mass is 394 g/mol. The van der Waals surface area contributed by atoms with Crippen LogP contribution in [-0.4, -0.2) is 55.0 Å². The maximum atomic E-state index is 13.1. The maximum Gasteiger partial charge on any atom is 0.238 e. The van der Waals surface area contributed by atoms with Gasteiger partial charge in [0.15, 0.2) is 0 Å². The molecule has 152 valence electrons. The third-order valence-electron chi connectivity index (χ3n) is 5.77. The Morgan fingerprint density at radius 1 is 1.10 bits per heavy atom. The fourth-order valence-corrected chi connectivity index (χ4v) is 3.78. The zero-order chi connectivity index (χ0) is 20.3.